The fraction of sp³-hybridized carbons (Fsp3) is 1.00. The zero-order valence-electron chi connectivity index (χ0n) is 9.15. The normalized spacial score (nSPS) is 17.5. The van der Waals surface area contributed by atoms with Gasteiger partial charge in [0.05, 0.1) is 0 Å². The first-order valence-electron chi connectivity index (χ1n) is 4.87. The van der Waals surface area contributed by atoms with Gasteiger partial charge in [0.25, 0.3) is 0 Å². The van der Waals surface area contributed by atoms with E-state index in [1.54, 1.807) is 0 Å². The lowest BCUT2D eigenvalue weighted by molar-refractivity contribution is 0.253. The molecule has 12 heavy (non-hydrogen) atoms. The molecule has 0 bridgehead atoms. The molecule has 0 heterocycles. The van der Waals surface area contributed by atoms with Gasteiger partial charge in [-0.1, -0.05) is 41.0 Å². The molecule has 0 aliphatic carbocycles. The van der Waals surface area contributed by atoms with Gasteiger partial charge in [0.2, 0.25) is 0 Å². The lowest BCUT2D eigenvalue weighted by Gasteiger charge is -2.29. The standard InChI is InChI=1S/C10H24N2/c1-6-8(2)9(12-11)7-10(3,4)5/h8-9,12H,6-7,11H2,1-5H3. The van der Waals surface area contributed by atoms with E-state index in [4.69, 9.17) is 5.84 Å². The van der Waals surface area contributed by atoms with E-state index < -0.39 is 0 Å². The van der Waals surface area contributed by atoms with Gasteiger partial charge < -0.3 is 0 Å². The second kappa shape index (κ2) is 4.83. The fourth-order valence-corrected chi connectivity index (χ4v) is 1.37. The highest BCUT2D eigenvalue weighted by Gasteiger charge is 2.21. The van der Waals surface area contributed by atoms with Gasteiger partial charge in [0, 0.05) is 6.04 Å². The molecule has 0 radical (unpaired) electrons. The fourth-order valence-electron chi connectivity index (χ4n) is 1.37. The van der Waals surface area contributed by atoms with Gasteiger partial charge in [-0.3, -0.25) is 11.3 Å². The third-order valence-corrected chi connectivity index (χ3v) is 2.38. The van der Waals surface area contributed by atoms with Crippen LogP contribution in [0.1, 0.15) is 47.5 Å². The Kier molecular flexibility index (Phi) is 4.80. The Labute approximate surface area is 76.9 Å². The molecule has 0 saturated carbocycles. The lowest BCUT2D eigenvalue weighted by Crippen LogP contribution is -2.42. The quantitative estimate of drug-likeness (QED) is 0.504. The van der Waals surface area contributed by atoms with E-state index in [1.165, 1.54) is 6.42 Å². The first-order chi connectivity index (χ1) is 5.40. The van der Waals surface area contributed by atoms with Crippen molar-refractivity contribution in [1.29, 1.82) is 0 Å². The lowest BCUT2D eigenvalue weighted by atomic mass is 9.83. The molecule has 0 rings (SSSR count). The molecule has 0 aliphatic rings. The molecule has 0 amide bonds. The Morgan fingerprint density at radius 1 is 1.33 bits per heavy atom. The molecular weight excluding hydrogens is 148 g/mol. The van der Waals surface area contributed by atoms with Crippen LogP contribution in [0.3, 0.4) is 0 Å². The summed E-state index contributed by atoms with van der Waals surface area (Å²) in [5.74, 6) is 6.17. The smallest absolute Gasteiger partial charge is 0.0241 e. The summed E-state index contributed by atoms with van der Waals surface area (Å²) in [5.41, 5.74) is 3.27. The second-order valence-electron chi connectivity index (χ2n) is 4.92. The summed E-state index contributed by atoms with van der Waals surface area (Å²) in [7, 11) is 0. The van der Waals surface area contributed by atoms with Crippen LogP contribution in [0.5, 0.6) is 0 Å². The summed E-state index contributed by atoms with van der Waals surface area (Å²) in [6.45, 7) is 11.2. The van der Waals surface area contributed by atoms with Crippen molar-refractivity contribution < 1.29 is 0 Å². The minimum Gasteiger partial charge on any atom is -0.271 e. The summed E-state index contributed by atoms with van der Waals surface area (Å²) in [4.78, 5) is 0. The van der Waals surface area contributed by atoms with Crippen molar-refractivity contribution in [2.45, 2.75) is 53.5 Å². The van der Waals surface area contributed by atoms with Crippen LogP contribution in [-0.4, -0.2) is 6.04 Å². The number of hydrogen-bond donors (Lipinski definition) is 2. The SMILES string of the molecule is CCC(C)C(CC(C)(C)C)NN. The zero-order chi connectivity index (χ0) is 9.78. The van der Waals surface area contributed by atoms with Crippen LogP contribution in [0, 0.1) is 11.3 Å². The highest BCUT2D eigenvalue weighted by molar-refractivity contribution is 4.76. The number of nitrogens with one attached hydrogen (secondary N) is 1. The van der Waals surface area contributed by atoms with Crippen LogP contribution in [0.15, 0.2) is 0 Å². The molecule has 0 aromatic rings. The average Bonchev–Trinajstić information content (AvgIpc) is 1.97. The monoisotopic (exact) mass is 172 g/mol. The molecular formula is C10H24N2. The molecule has 0 fully saturated rings. The maximum absolute atomic E-state index is 5.51. The second-order valence-corrected chi connectivity index (χ2v) is 4.92. The van der Waals surface area contributed by atoms with Gasteiger partial charge in [-0.05, 0) is 17.8 Å². The molecule has 2 heteroatoms. The average molecular weight is 172 g/mol. The van der Waals surface area contributed by atoms with Gasteiger partial charge >= 0.3 is 0 Å². The summed E-state index contributed by atoms with van der Waals surface area (Å²) in [5, 5.41) is 0. The molecule has 0 aromatic heterocycles. The first-order valence-corrected chi connectivity index (χ1v) is 4.87. The van der Waals surface area contributed by atoms with Gasteiger partial charge in [0.1, 0.15) is 0 Å². The summed E-state index contributed by atoms with van der Waals surface area (Å²) >= 11 is 0. The van der Waals surface area contributed by atoms with Crippen LogP contribution in [0.25, 0.3) is 0 Å². The Bertz CT molecular complexity index is 115. The number of rotatable bonds is 4. The Balaban J connectivity index is 3.99. The summed E-state index contributed by atoms with van der Waals surface area (Å²) < 4.78 is 0. The van der Waals surface area contributed by atoms with Crippen molar-refractivity contribution in [3.8, 4) is 0 Å². The molecule has 2 unspecified atom stereocenters. The largest absolute Gasteiger partial charge is 0.271 e. The van der Waals surface area contributed by atoms with E-state index in [-0.39, 0.29) is 0 Å². The van der Waals surface area contributed by atoms with Gasteiger partial charge in [-0.15, -0.1) is 0 Å². The minimum absolute atomic E-state index is 0.362. The summed E-state index contributed by atoms with van der Waals surface area (Å²) in [6, 6.07) is 0.454. The van der Waals surface area contributed by atoms with Crippen LogP contribution in [-0.2, 0) is 0 Å². The maximum atomic E-state index is 5.51. The molecule has 2 atom stereocenters. The van der Waals surface area contributed by atoms with E-state index >= 15 is 0 Å². The van der Waals surface area contributed by atoms with E-state index in [2.05, 4.69) is 40.0 Å². The molecule has 0 spiro atoms. The topological polar surface area (TPSA) is 38.0 Å². The van der Waals surface area contributed by atoms with E-state index in [0.29, 0.717) is 17.4 Å². The Morgan fingerprint density at radius 2 is 1.83 bits per heavy atom. The molecule has 74 valence electrons. The van der Waals surface area contributed by atoms with Crippen LogP contribution in [0.2, 0.25) is 0 Å². The third-order valence-electron chi connectivity index (χ3n) is 2.38. The van der Waals surface area contributed by atoms with Crippen molar-refractivity contribution in [3.05, 3.63) is 0 Å². The molecule has 0 aliphatic heterocycles. The van der Waals surface area contributed by atoms with Crippen LogP contribution in [0.4, 0.5) is 0 Å². The predicted octanol–water partition coefficient (Wildman–Crippen LogP) is 2.30. The molecule has 2 nitrogen and oxygen atoms in total. The highest BCUT2D eigenvalue weighted by atomic mass is 15.2. The third kappa shape index (κ3) is 4.73. The predicted molar refractivity (Wildman–Crippen MR) is 54.6 cm³/mol. The van der Waals surface area contributed by atoms with Crippen molar-refractivity contribution in [2.75, 3.05) is 0 Å². The van der Waals surface area contributed by atoms with Crippen molar-refractivity contribution in [3.63, 3.8) is 0 Å². The van der Waals surface area contributed by atoms with Crippen molar-refractivity contribution in [1.82, 2.24) is 5.43 Å². The van der Waals surface area contributed by atoms with Crippen molar-refractivity contribution >= 4 is 0 Å². The zero-order valence-corrected chi connectivity index (χ0v) is 9.15. The van der Waals surface area contributed by atoms with E-state index in [9.17, 15) is 0 Å². The summed E-state index contributed by atoms with van der Waals surface area (Å²) in [6.07, 6.45) is 2.32. The molecule has 0 saturated heterocycles. The van der Waals surface area contributed by atoms with Crippen LogP contribution >= 0.6 is 0 Å². The minimum atomic E-state index is 0.362. The van der Waals surface area contributed by atoms with Gasteiger partial charge in [-0.25, -0.2) is 0 Å². The van der Waals surface area contributed by atoms with E-state index in [1.807, 2.05) is 0 Å². The molecule has 0 aromatic carbocycles. The van der Waals surface area contributed by atoms with Gasteiger partial charge in [-0.2, -0.15) is 0 Å². The number of hydrazine groups is 1. The Morgan fingerprint density at radius 3 is 2.08 bits per heavy atom. The Hall–Kier alpha value is -0.0800. The molecule has 3 N–H and O–H groups in total. The number of nitrogens with two attached hydrogens (primary N) is 1. The van der Waals surface area contributed by atoms with Crippen LogP contribution < -0.4 is 11.3 Å². The maximum Gasteiger partial charge on any atom is 0.0241 e. The van der Waals surface area contributed by atoms with Gasteiger partial charge in [0.15, 0.2) is 0 Å². The first kappa shape index (κ1) is 11.9. The van der Waals surface area contributed by atoms with E-state index in [0.717, 1.165) is 6.42 Å². The number of hydrogen-bond acceptors (Lipinski definition) is 2. The highest BCUT2D eigenvalue weighted by Crippen LogP contribution is 2.24. The van der Waals surface area contributed by atoms with Crippen molar-refractivity contribution in [2.24, 2.45) is 17.2 Å².